The van der Waals surface area contributed by atoms with Crippen LogP contribution in [0.25, 0.3) is 0 Å². The molecule has 0 aromatic heterocycles. The third-order valence-corrected chi connectivity index (χ3v) is 8.67. The average Bonchev–Trinajstić information content (AvgIpc) is 3.52. The highest BCUT2D eigenvalue weighted by Crippen LogP contribution is 2.22. The molecule has 4 rings (SSSR count). The molecule has 2 heterocycles. The quantitative estimate of drug-likeness (QED) is 0.273. The van der Waals surface area contributed by atoms with Gasteiger partial charge in [-0.2, -0.15) is 0 Å². The molecular weight excluding hydrogens is 584 g/mol. The predicted octanol–water partition coefficient (Wildman–Crippen LogP) is 3.56. The fraction of sp³-hybridized carbons (Fsp3) is 0.485. The molecule has 2 aliphatic heterocycles. The van der Waals surface area contributed by atoms with E-state index in [1.54, 1.807) is 62.4 Å². The van der Waals surface area contributed by atoms with Gasteiger partial charge in [-0.05, 0) is 75.3 Å². The minimum Gasteiger partial charge on any atom is -0.462 e. The van der Waals surface area contributed by atoms with Crippen molar-refractivity contribution in [3.8, 4) is 0 Å². The van der Waals surface area contributed by atoms with Gasteiger partial charge in [0.2, 0.25) is 23.6 Å². The maximum Gasteiger partial charge on any atom is 0.338 e. The first-order valence-electron chi connectivity index (χ1n) is 15.3. The maximum absolute atomic E-state index is 13.8. The molecule has 3 N–H and O–H groups in total. The monoisotopic (exact) mass is 624 g/mol. The predicted molar refractivity (Wildman–Crippen MR) is 166 cm³/mol. The first-order chi connectivity index (χ1) is 21.1. The molecular formula is C33H41ClN4O6. The molecule has 0 bridgehead atoms. The number of carbonyl (C=O) groups is 5. The zero-order valence-corrected chi connectivity index (χ0v) is 26.0. The number of nitrogens with one attached hydrogen (secondary N) is 3. The van der Waals surface area contributed by atoms with E-state index >= 15 is 0 Å². The van der Waals surface area contributed by atoms with Crippen molar-refractivity contribution in [1.82, 2.24) is 20.9 Å². The summed E-state index contributed by atoms with van der Waals surface area (Å²) in [6, 6.07) is 13.2. The van der Waals surface area contributed by atoms with Crippen LogP contribution in [0.2, 0.25) is 5.02 Å². The number of hydrogen-bond acceptors (Lipinski definition) is 6. The second kappa shape index (κ2) is 15.2. The van der Waals surface area contributed by atoms with Crippen molar-refractivity contribution >= 4 is 41.2 Å². The number of esters is 1. The minimum atomic E-state index is -1.31. The summed E-state index contributed by atoms with van der Waals surface area (Å²) in [5.41, 5.74) is -0.0234. The number of nitrogens with zero attached hydrogens (tertiary/aromatic N) is 1. The van der Waals surface area contributed by atoms with Crippen LogP contribution in [0.1, 0.15) is 74.7 Å². The van der Waals surface area contributed by atoms with E-state index in [-0.39, 0.29) is 37.2 Å². The third kappa shape index (κ3) is 8.37. The van der Waals surface area contributed by atoms with Crippen molar-refractivity contribution in [1.29, 1.82) is 0 Å². The number of halogens is 1. The van der Waals surface area contributed by atoms with Gasteiger partial charge in [0, 0.05) is 18.0 Å². The van der Waals surface area contributed by atoms with Gasteiger partial charge in [-0.1, -0.05) is 55.3 Å². The lowest BCUT2D eigenvalue weighted by molar-refractivity contribution is -0.144. The normalized spacial score (nSPS) is 24.3. The van der Waals surface area contributed by atoms with Crippen LogP contribution in [0.5, 0.6) is 0 Å². The number of carbonyl (C=O) groups excluding carboxylic acids is 5. The molecule has 0 saturated carbocycles. The number of benzene rings is 2. The van der Waals surface area contributed by atoms with Gasteiger partial charge >= 0.3 is 5.97 Å². The molecule has 236 valence electrons. The highest BCUT2D eigenvalue weighted by Gasteiger charge is 2.43. The van der Waals surface area contributed by atoms with E-state index in [1.165, 1.54) is 4.90 Å². The Morgan fingerprint density at radius 3 is 2.39 bits per heavy atom. The topological polar surface area (TPSA) is 134 Å². The lowest BCUT2D eigenvalue weighted by Crippen LogP contribution is -2.65. The molecule has 2 aromatic rings. The average molecular weight is 625 g/mol. The van der Waals surface area contributed by atoms with E-state index < -0.39 is 35.5 Å². The van der Waals surface area contributed by atoms with Crippen molar-refractivity contribution in [2.75, 3.05) is 13.2 Å². The van der Waals surface area contributed by atoms with Crippen molar-refractivity contribution < 1.29 is 28.7 Å². The van der Waals surface area contributed by atoms with Crippen molar-refractivity contribution in [3.63, 3.8) is 0 Å². The zero-order valence-electron chi connectivity index (χ0n) is 25.3. The lowest BCUT2D eigenvalue weighted by Gasteiger charge is -2.36. The van der Waals surface area contributed by atoms with Gasteiger partial charge in [0.25, 0.3) is 0 Å². The first-order valence-corrected chi connectivity index (χ1v) is 15.7. The van der Waals surface area contributed by atoms with E-state index in [0.29, 0.717) is 55.7 Å². The molecule has 2 aliphatic rings. The molecule has 0 spiro atoms. The molecule has 4 amide bonds. The fourth-order valence-electron chi connectivity index (χ4n) is 5.53. The summed E-state index contributed by atoms with van der Waals surface area (Å²) in [6.45, 7) is 4.02. The highest BCUT2D eigenvalue weighted by atomic mass is 35.5. The Morgan fingerprint density at radius 1 is 0.955 bits per heavy atom. The van der Waals surface area contributed by atoms with Gasteiger partial charge in [-0.25, -0.2) is 4.79 Å². The van der Waals surface area contributed by atoms with Gasteiger partial charge in [-0.3, -0.25) is 19.2 Å². The van der Waals surface area contributed by atoms with Crippen LogP contribution in [0, 0.1) is 0 Å². The third-order valence-electron chi connectivity index (χ3n) is 8.42. The molecule has 0 radical (unpaired) electrons. The van der Waals surface area contributed by atoms with Gasteiger partial charge in [-0.15, -0.1) is 0 Å². The lowest BCUT2D eigenvalue weighted by atomic mass is 9.94. The molecule has 11 heteroatoms. The summed E-state index contributed by atoms with van der Waals surface area (Å²) in [7, 11) is 0. The number of hydrogen-bond donors (Lipinski definition) is 3. The number of fused-ring (bicyclic) bond motifs is 1. The molecule has 2 saturated heterocycles. The molecule has 0 aliphatic carbocycles. The summed E-state index contributed by atoms with van der Waals surface area (Å²) >= 11 is 6.04. The number of unbranched alkanes of at least 4 members (excludes halogenated alkanes) is 2. The van der Waals surface area contributed by atoms with E-state index in [4.69, 9.17) is 16.3 Å². The Labute approximate surface area is 263 Å². The summed E-state index contributed by atoms with van der Waals surface area (Å²) in [4.78, 5) is 68.2. The smallest absolute Gasteiger partial charge is 0.338 e. The molecule has 2 fully saturated rings. The van der Waals surface area contributed by atoms with Crippen molar-refractivity contribution in [2.24, 2.45) is 0 Å². The second-order valence-corrected chi connectivity index (χ2v) is 12.1. The highest BCUT2D eigenvalue weighted by molar-refractivity contribution is 6.30. The van der Waals surface area contributed by atoms with Crippen LogP contribution >= 0.6 is 11.6 Å². The van der Waals surface area contributed by atoms with Crippen LogP contribution in [0.3, 0.4) is 0 Å². The molecule has 0 unspecified atom stereocenters. The van der Waals surface area contributed by atoms with Gasteiger partial charge in [0.05, 0.1) is 12.2 Å². The van der Waals surface area contributed by atoms with E-state index in [1.807, 2.05) is 6.07 Å². The van der Waals surface area contributed by atoms with Crippen LogP contribution < -0.4 is 16.0 Å². The summed E-state index contributed by atoms with van der Waals surface area (Å²) in [6.07, 6.45) is 3.74. The SMILES string of the molecule is CC[C@]1(C)NC(=O)[C@H](CCCCCOC(=O)c2ccccc2)NC(=O)[C@H]2CCCN2C(=O)[C@H](Cc2ccc(Cl)cc2)NC1=O. The van der Waals surface area contributed by atoms with Crippen LogP contribution in [-0.2, 0) is 30.3 Å². The van der Waals surface area contributed by atoms with E-state index in [9.17, 15) is 24.0 Å². The molecule has 2 aromatic carbocycles. The molecule has 10 nitrogen and oxygen atoms in total. The Morgan fingerprint density at radius 2 is 1.68 bits per heavy atom. The fourth-order valence-corrected chi connectivity index (χ4v) is 5.65. The summed E-state index contributed by atoms with van der Waals surface area (Å²) in [5.74, 6) is -2.04. The second-order valence-electron chi connectivity index (χ2n) is 11.6. The minimum absolute atomic E-state index is 0.212. The first kappa shape index (κ1) is 33.0. The van der Waals surface area contributed by atoms with Crippen molar-refractivity contribution in [2.45, 2.75) is 88.9 Å². The van der Waals surface area contributed by atoms with Crippen molar-refractivity contribution in [3.05, 3.63) is 70.7 Å². The molecule has 4 atom stereocenters. The number of amides is 4. The number of rotatable bonds is 10. The van der Waals surface area contributed by atoms with Crippen LogP contribution in [-0.4, -0.2) is 71.3 Å². The van der Waals surface area contributed by atoms with E-state index in [0.717, 1.165) is 5.56 Å². The Hall–Kier alpha value is -3.92. The Balaban J connectivity index is 1.44. The zero-order chi connectivity index (χ0) is 31.7. The van der Waals surface area contributed by atoms with Gasteiger partial charge < -0.3 is 25.6 Å². The van der Waals surface area contributed by atoms with Gasteiger partial charge in [0.15, 0.2) is 0 Å². The standard InChI is InChI=1S/C33H41ClN4O6/c1-3-33(2)32(43)36-26(21-22-15-17-24(34)18-16-22)30(41)38-19-10-14-27(38)29(40)35-25(28(39)37-33)13-8-5-9-20-44-31(42)23-11-6-4-7-12-23/h4,6-7,11-12,15-18,25-27H,3,5,8-10,13-14,19-21H2,1-2H3,(H,35,40)(H,36,43)(H,37,39)/t25-,26-,27+,33-/m0/s1. The number of ether oxygens (including phenoxy) is 1. The summed E-state index contributed by atoms with van der Waals surface area (Å²) < 4.78 is 5.34. The maximum atomic E-state index is 13.8. The van der Waals surface area contributed by atoms with E-state index in [2.05, 4.69) is 16.0 Å². The summed E-state index contributed by atoms with van der Waals surface area (Å²) in [5, 5.41) is 9.18. The molecule has 44 heavy (non-hydrogen) atoms. The Bertz CT molecular complexity index is 1340. The Kier molecular flexibility index (Phi) is 11.4. The van der Waals surface area contributed by atoms with Crippen LogP contribution in [0.15, 0.2) is 54.6 Å². The van der Waals surface area contributed by atoms with Gasteiger partial charge in [0.1, 0.15) is 23.7 Å². The van der Waals surface area contributed by atoms with Crippen LogP contribution in [0.4, 0.5) is 0 Å². The largest absolute Gasteiger partial charge is 0.462 e.